The second-order valence-electron chi connectivity index (χ2n) is 21.0. The van der Waals surface area contributed by atoms with Gasteiger partial charge in [-0.1, -0.05) is 261 Å². The number of hydrogen-bond donors (Lipinski definition) is 0. The van der Waals surface area contributed by atoms with Crippen LogP contribution in [0.25, 0.3) is 0 Å². The highest BCUT2D eigenvalue weighted by Gasteiger charge is 2.19. The van der Waals surface area contributed by atoms with Crippen LogP contribution >= 0.6 is 0 Å². The van der Waals surface area contributed by atoms with Gasteiger partial charge in [-0.3, -0.25) is 14.4 Å². The molecule has 0 rings (SSSR count). The third-order valence-electron chi connectivity index (χ3n) is 13.7. The molecule has 418 valence electrons. The summed E-state index contributed by atoms with van der Waals surface area (Å²) in [4.78, 5) is 38.2. The van der Waals surface area contributed by atoms with E-state index in [0.29, 0.717) is 19.3 Å². The molecule has 0 aromatic heterocycles. The van der Waals surface area contributed by atoms with Gasteiger partial charge in [-0.05, 0) is 103 Å². The Morgan fingerprint density at radius 1 is 0.278 bits per heavy atom. The van der Waals surface area contributed by atoms with Gasteiger partial charge in [-0.15, -0.1) is 0 Å². The summed E-state index contributed by atoms with van der Waals surface area (Å²) in [5.41, 5.74) is 0. The van der Waals surface area contributed by atoms with Gasteiger partial charge in [0, 0.05) is 19.3 Å². The summed E-state index contributed by atoms with van der Waals surface area (Å²) >= 11 is 0. The van der Waals surface area contributed by atoms with Crippen molar-refractivity contribution in [3.8, 4) is 0 Å². The summed E-state index contributed by atoms with van der Waals surface area (Å²) in [6.07, 6.45) is 76.6. The van der Waals surface area contributed by atoms with Crippen LogP contribution in [0.4, 0.5) is 0 Å². The Morgan fingerprint density at radius 2 is 0.528 bits per heavy atom. The van der Waals surface area contributed by atoms with E-state index in [1.165, 1.54) is 186 Å². The van der Waals surface area contributed by atoms with Gasteiger partial charge in [0.05, 0.1) is 0 Å². The number of rotatable bonds is 57. The Labute approximate surface area is 447 Å². The van der Waals surface area contributed by atoms with Gasteiger partial charge in [0.15, 0.2) is 6.10 Å². The van der Waals surface area contributed by atoms with E-state index >= 15 is 0 Å². The molecule has 1 unspecified atom stereocenters. The number of unbranched alkanes of at least 4 members (excludes halogenated alkanes) is 36. The van der Waals surface area contributed by atoms with Crippen molar-refractivity contribution in [2.75, 3.05) is 13.2 Å². The fourth-order valence-electron chi connectivity index (χ4n) is 8.98. The van der Waals surface area contributed by atoms with E-state index in [9.17, 15) is 14.4 Å². The first-order valence-corrected chi connectivity index (χ1v) is 31.3. The standard InChI is InChI=1S/C66H118O6/c1-4-7-10-13-16-19-22-24-26-28-30-31-32-33-34-35-37-38-40-42-44-47-50-53-56-59-65(68)71-62-63(61-70-64(67)58-55-52-49-46-21-18-15-12-9-6-3)72-66(69)60-57-54-51-48-45-43-41-39-36-29-27-25-23-20-17-14-11-8-5-2/h12,15,17,20,25,27-28,30,36,39,63H,4-11,13-14,16,18-19,21-24,26,29,31-35,37-38,40-62H2,1-3H3/b15-12-,20-17-,27-25-,30-28-,39-36-. The molecule has 0 bridgehead atoms. The zero-order chi connectivity index (χ0) is 52.2. The van der Waals surface area contributed by atoms with Crippen LogP contribution < -0.4 is 0 Å². The lowest BCUT2D eigenvalue weighted by atomic mass is 10.0. The molecule has 0 spiro atoms. The van der Waals surface area contributed by atoms with Crippen molar-refractivity contribution in [3.05, 3.63) is 60.8 Å². The van der Waals surface area contributed by atoms with Crippen molar-refractivity contribution in [1.29, 1.82) is 0 Å². The molecule has 6 nitrogen and oxygen atoms in total. The van der Waals surface area contributed by atoms with Crippen LogP contribution in [0, 0.1) is 0 Å². The Hall–Kier alpha value is -2.89. The third kappa shape index (κ3) is 58.0. The molecule has 6 heteroatoms. The second kappa shape index (κ2) is 60.7. The Morgan fingerprint density at radius 3 is 0.875 bits per heavy atom. The molecular formula is C66H118O6. The topological polar surface area (TPSA) is 78.9 Å². The molecule has 1 atom stereocenters. The van der Waals surface area contributed by atoms with Crippen LogP contribution in [0.15, 0.2) is 60.8 Å². The van der Waals surface area contributed by atoms with E-state index < -0.39 is 6.10 Å². The average Bonchev–Trinajstić information content (AvgIpc) is 3.38. The summed E-state index contributed by atoms with van der Waals surface area (Å²) in [6, 6.07) is 0. The molecule has 0 radical (unpaired) electrons. The number of ether oxygens (including phenoxy) is 3. The normalized spacial score (nSPS) is 12.4. The van der Waals surface area contributed by atoms with Crippen molar-refractivity contribution in [2.24, 2.45) is 0 Å². The zero-order valence-corrected chi connectivity index (χ0v) is 47.9. The fraction of sp³-hybridized carbons (Fsp3) is 0.803. The minimum Gasteiger partial charge on any atom is -0.462 e. The minimum atomic E-state index is -0.784. The minimum absolute atomic E-state index is 0.0807. The SMILES string of the molecule is CCC/C=C\CCCCCCCC(=O)OCC(COC(=O)CCCCCCCCCCCCCCC/C=C\CCCCCCCCCC)OC(=O)CCCCCCCC/C=C\C/C=C\C/C=C\CCCCC. The summed E-state index contributed by atoms with van der Waals surface area (Å²) in [5.74, 6) is -0.892. The smallest absolute Gasteiger partial charge is 0.306 e. The maximum atomic E-state index is 12.9. The molecule has 0 aromatic carbocycles. The first kappa shape index (κ1) is 69.1. The van der Waals surface area contributed by atoms with Gasteiger partial charge in [0.2, 0.25) is 0 Å². The average molecular weight is 1010 g/mol. The molecule has 0 fully saturated rings. The molecular weight excluding hydrogens is 889 g/mol. The largest absolute Gasteiger partial charge is 0.462 e. The first-order chi connectivity index (χ1) is 35.5. The second-order valence-corrected chi connectivity index (χ2v) is 21.0. The van der Waals surface area contributed by atoms with E-state index in [-0.39, 0.29) is 31.1 Å². The number of allylic oxidation sites excluding steroid dienone is 10. The van der Waals surface area contributed by atoms with Crippen LogP contribution in [0.3, 0.4) is 0 Å². The molecule has 0 saturated carbocycles. The molecule has 72 heavy (non-hydrogen) atoms. The summed E-state index contributed by atoms with van der Waals surface area (Å²) in [6.45, 7) is 6.57. The molecule has 0 aromatic rings. The maximum Gasteiger partial charge on any atom is 0.306 e. The summed E-state index contributed by atoms with van der Waals surface area (Å²) in [5, 5.41) is 0. The number of carbonyl (C=O) groups excluding carboxylic acids is 3. The van der Waals surface area contributed by atoms with Crippen LogP contribution in [-0.2, 0) is 28.6 Å². The molecule has 0 saturated heterocycles. The number of carbonyl (C=O) groups is 3. The quantitative estimate of drug-likeness (QED) is 0.0261. The van der Waals surface area contributed by atoms with Crippen LogP contribution in [0.1, 0.15) is 323 Å². The van der Waals surface area contributed by atoms with Crippen molar-refractivity contribution in [1.82, 2.24) is 0 Å². The predicted octanol–water partition coefficient (Wildman–Crippen LogP) is 21.2. The highest BCUT2D eigenvalue weighted by molar-refractivity contribution is 5.71. The zero-order valence-electron chi connectivity index (χ0n) is 47.9. The van der Waals surface area contributed by atoms with E-state index in [0.717, 1.165) is 96.3 Å². The van der Waals surface area contributed by atoms with Crippen molar-refractivity contribution in [2.45, 2.75) is 329 Å². The summed E-state index contributed by atoms with van der Waals surface area (Å²) in [7, 11) is 0. The lowest BCUT2D eigenvalue weighted by Gasteiger charge is -2.18. The van der Waals surface area contributed by atoms with Gasteiger partial charge in [0.25, 0.3) is 0 Å². The van der Waals surface area contributed by atoms with Crippen LogP contribution in [0.5, 0.6) is 0 Å². The molecule has 0 N–H and O–H groups in total. The summed E-state index contributed by atoms with van der Waals surface area (Å²) < 4.78 is 16.9. The number of hydrogen-bond acceptors (Lipinski definition) is 6. The highest BCUT2D eigenvalue weighted by atomic mass is 16.6. The maximum absolute atomic E-state index is 12.9. The predicted molar refractivity (Wildman–Crippen MR) is 312 cm³/mol. The monoisotopic (exact) mass is 1010 g/mol. The van der Waals surface area contributed by atoms with Gasteiger partial charge in [0.1, 0.15) is 13.2 Å². The van der Waals surface area contributed by atoms with E-state index in [1.54, 1.807) is 0 Å². The van der Waals surface area contributed by atoms with Gasteiger partial charge >= 0.3 is 17.9 Å². The molecule has 0 aliphatic carbocycles. The van der Waals surface area contributed by atoms with Crippen LogP contribution in [0.2, 0.25) is 0 Å². The fourth-order valence-corrected chi connectivity index (χ4v) is 8.98. The van der Waals surface area contributed by atoms with E-state index in [1.807, 2.05) is 0 Å². The van der Waals surface area contributed by atoms with Crippen molar-refractivity contribution < 1.29 is 28.6 Å². The first-order valence-electron chi connectivity index (χ1n) is 31.3. The van der Waals surface area contributed by atoms with Crippen molar-refractivity contribution in [3.63, 3.8) is 0 Å². The van der Waals surface area contributed by atoms with Crippen molar-refractivity contribution >= 4 is 17.9 Å². The van der Waals surface area contributed by atoms with E-state index in [2.05, 4.69) is 81.5 Å². The Kier molecular flexibility index (Phi) is 58.2. The molecule has 0 heterocycles. The lowest BCUT2D eigenvalue weighted by Crippen LogP contribution is -2.30. The van der Waals surface area contributed by atoms with Gasteiger partial charge in [-0.25, -0.2) is 0 Å². The highest BCUT2D eigenvalue weighted by Crippen LogP contribution is 2.16. The Balaban J connectivity index is 4.23. The molecule has 0 aliphatic heterocycles. The van der Waals surface area contributed by atoms with E-state index in [4.69, 9.17) is 14.2 Å². The van der Waals surface area contributed by atoms with Crippen LogP contribution in [-0.4, -0.2) is 37.2 Å². The van der Waals surface area contributed by atoms with Gasteiger partial charge in [-0.2, -0.15) is 0 Å². The number of esters is 3. The molecule has 0 aliphatic rings. The third-order valence-corrected chi connectivity index (χ3v) is 13.7. The van der Waals surface area contributed by atoms with Gasteiger partial charge < -0.3 is 14.2 Å². The Bertz CT molecular complexity index is 1290. The lowest BCUT2D eigenvalue weighted by molar-refractivity contribution is -0.167. The molecule has 0 amide bonds.